The van der Waals surface area contributed by atoms with Crippen LogP contribution in [-0.2, 0) is 16.4 Å². The first-order valence-corrected chi connectivity index (χ1v) is 7.97. The van der Waals surface area contributed by atoms with E-state index in [2.05, 4.69) is 4.72 Å². The van der Waals surface area contributed by atoms with Crippen molar-refractivity contribution in [3.8, 4) is 0 Å². The minimum atomic E-state index is -3.99. The van der Waals surface area contributed by atoms with Crippen molar-refractivity contribution >= 4 is 15.7 Å². The van der Waals surface area contributed by atoms with Gasteiger partial charge in [-0.2, -0.15) is 0 Å². The Morgan fingerprint density at radius 1 is 1.33 bits per heavy atom. The smallest absolute Gasteiger partial charge is 0.245 e. The Morgan fingerprint density at radius 2 is 2.10 bits per heavy atom. The zero-order chi connectivity index (χ0) is 15.5. The third-order valence-corrected chi connectivity index (χ3v) is 4.71. The summed E-state index contributed by atoms with van der Waals surface area (Å²) in [6.45, 7) is 1.71. The van der Waals surface area contributed by atoms with Gasteiger partial charge in [0.15, 0.2) is 0 Å². The summed E-state index contributed by atoms with van der Waals surface area (Å²) < 4.78 is 45.7. The van der Waals surface area contributed by atoms with E-state index in [0.29, 0.717) is 12.8 Å². The number of hydrogen-bond acceptors (Lipinski definition) is 4. The van der Waals surface area contributed by atoms with Crippen LogP contribution < -0.4 is 10.5 Å². The van der Waals surface area contributed by atoms with Gasteiger partial charge in [0.25, 0.3) is 0 Å². The Balaban J connectivity index is 2.06. The number of aryl methyl sites for hydroxylation is 1. The van der Waals surface area contributed by atoms with Crippen LogP contribution in [0.5, 0.6) is 0 Å². The lowest BCUT2D eigenvalue weighted by Crippen LogP contribution is -2.34. The largest absolute Gasteiger partial charge is 0.469 e. The highest BCUT2D eigenvalue weighted by Crippen LogP contribution is 2.22. The molecule has 2 aromatic rings. The van der Waals surface area contributed by atoms with Crippen LogP contribution >= 0.6 is 0 Å². The topological polar surface area (TPSA) is 85.3 Å². The van der Waals surface area contributed by atoms with Crippen molar-refractivity contribution in [2.45, 2.75) is 30.7 Å². The van der Waals surface area contributed by atoms with E-state index in [-0.39, 0.29) is 11.7 Å². The molecular weight excluding hydrogens is 295 g/mol. The fourth-order valence-electron chi connectivity index (χ4n) is 2.01. The third-order valence-electron chi connectivity index (χ3n) is 3.03. The molecule has 1 aromatic carbocycles. The number of benzene rings is 1. The summed E-state index contributed by atoms with van der Waals surface area (Å²) >= 11 is 0. The van der Waals surface area contributed by atoms with E-state index in [0.717, 1.165) is 11.8 Å². The molecule has 0 spiro atoms. The monoisotopic (exact) mass is 312 g/mol. The minimum Gasteiger partial charge on any atom is -0.469 e. The van der Waals surface area contributed by atoms with Crippen molar-refractivity contribution in [3.05, 3.63) is 48.2 Å². The van der Waals surface area contributed by atoms with Gasteiger partial charge in [0.05, 0.1) is 12.0 Å². The zero-order valence-corrected chi connectivity index (χ0v) is 12.4. The number of anilines is 1. The molecule has 0 bridgehead atoms. The fraction of sp³-hybridized carbons (Fsp3) is 0.286. The Morgan fingerprint density at radius 3 is 2.71 bits per heavy atom. The number of nitrogens with two attached hydrogens (primary N) is 1. The summed E-state index contributed by atoms with van der Waals surface area (Å²) in [5, 5.41) is 0. The van der Waals surface area contributed by atoms with Gasteiger partial charge in [0, 0.05) is 12.5 Å². The standard InChI is InChI=1S/C14H17FN2O3S/c1-10(7-8-11-4-3-9-20-11)17-21(18,19)14-12(15)5-2-6-13(14)16/h2-6,9-10,17H,7-8,16H2,1H3. The molecule has 1 atom stereocenters. The molecule has 0 aliphatic carbocycles. The van der Waals surface area contributed by atoms with Crippen LogP contribution in [0.1, 0.15) is 19.1 Å². The van der Waals surface area contributed by atoms with Crippen molar-refractivity contribution < 1.29 is 17.2 Å². The summed E-state index contributed by atoms with van der Waals surface area (Å²) in [6, 6.07) is 6.99. The zero-order valence-electron chi connectivity index (χ0n) is 11.5. The SMILES string of the molecule is CC(CCc1ccco1)NS(=O)(=O)c1c(N)cccc1F. The molecule has 21 heavy (non-hydrogen) atoms. The van der Waals surface area contributed by atoms with Crippen molar-refractivity contribution in [2.24, 2.45) is 0 Å². The maximum absolute atomic E-state index is 13.7. The van der Waals surface area contributed by atoms with Crippen LogP contribution in [-0.4, -0.2) is 14.5 Å². The van der Waals surface area contributed by atoms with Crippen molar-refractivity contribution in [1.29, 1.82) is 0 Å². The fourth-order valence-corrected chi connectivity index (χ4v) is 3.47. The molecule has 0 aliphatic rings. The van der Waals surface area contributed by atoms with Crippen LogP contribution in [0.25, 0.3) is 0 Å². The molecule has 3 N–H and O–H groups in total. The molecule has 1 aromatic heterocycles. The first-order chi connectivity index (χ1) is 9.90. The van der Waals surface area contributed by atoms with Crippen LogP contribution in [0.2, 0.25) is 0 Å². The Labute approximate surface area is 123 Å². The molecule has 0 fully saturated rings. The molecule has 5 nitrogen and oxygen atoms in total. The number of nitrogens with one attached hydrogen (secondary N) is 1. The molecule has 2 rings (SSSR count). The van der Waals surface area contributed by atoms with Crippen LogP contribution in [0, 0.1) is 5.82 Å². The predicted octanol–water partition coefficient (Wildman–Crippen LogP) is 2.30. The average molecular weight is 312 g/mol. The van der Waals surface area contributed by atoms with E-state index in [1.807, 2.05) is 6.07 Å². The summed E-state index contributed by atoms with van der Waals surface area (Å²) in [6.07, 6.45) is 2.68. The Hall–Kier alpha value is -1.86. The Kier molecular flexibility index (Phi) is 4.64. The van der Waals surface area contributed by atoms with Gasteiger partial charge >= 0.3 is 0 Å². The van der Waals surface area contributed by atoms with Gasteiger partial charge in [-0.15, -0.1) is 0 Å². The molecule has 0 amide bonds. The van der Waals surface area contributed by atoms with E-state index in [1.165, 1.54) is 12.1 Å². The predicted molar refractivity (Wildman–Crippen MR) is 77.6 cm³/mol. The highest BCUT2D eigenvalue weighted by Gasteiger charge is 2.24. The lowest BCUT2D eigenvalue weighted by atomic mass is 10.2. The van der Waals surface area contributed by atoms with Gasteiger partial charge in [-0.1, -0.05) is 6.07 Å². The highest BCUT2D eigenvalue weighted by atomic mass is 32.2. The number of nitrogen functional groups attached to an aromatic ring is 1. The first kappa shape index (κ1) is 15.5. The van der Waals surface area contributed by atoms with Crippen LogP contribution in [0.4, 0.5) is 10.1 Å². The Bertz CT molecular complexity index is 679. The average Bonchev–Trinajstić information content (AvgIpc) is 2.88. The molecule has 1 unspecified atom stereocenters. The number of rotatable bonds is 6. The summed E-state index contributed by atoms with van der Waals surface area (Å²) in [5.41, 5.74) is 5.45. The van der Waals surface area contributed by atoms with Gasteiger partial charge in [-0.3, -0.25) is 0 Å². The van der Waals surface area contributed by atoms with Gasteiger partial charge in [0.2, 0.25) is 10.0 Å². The molecule has 0 saturated heterocycles. The van der Waals surface area contributed by atoms with E-state index in [9.17, 15) is 12.8 Å². The van der Waals surface area contributed by atoms with Crippen molar-refractivity contribution in [2.75, 3.05) is 5.73 Å². The molecular formula is C14H17FN2O3S. The summed E-state index contributed by atoms with van der Waals surface area (Å²) in [7, 11) is -3.99. The molecule has 0 radical (unpaired) electrons. The first-order valence-electron chi connectivity index (χ1n) is 6.49. The van der Waals surface area contributed by atoms with Gasteiger partial charge in [-0.05, 0) is 37.6 Å². The maximum atomic E-state index is 13.7. The molecule has 7 heteroatoms. The van der Waals surface area contributed by atoms with E-state index in [1.54, 1.807) is 19.3 Å². The van der Waals surface area contributed by atoms with Crippen molar-refractivity contribution in [3.63, 3.8) is 0 Å². The minimum absolute atomic E-state index is 0.110. The quantitative estimate of drug-likeness (QED) is 0.801. The summed E-state index contributed by atoms with van der Waals surface area (Å²) in [5.74, 6) is -0.0906. The number of hydrogen-bond donors (Lipinski definition) is 2. The number of halogens is 1. The normalized spacial score (nSPS) is 13.2. The number of sulfonamides is 1. The number of furan rings is 1. The van der Waals surface area contributed by atoms with Crippen LogP contribution in [0.3, 0.4) is 0 Å². The van der Waals surface area contributed by atoms with E-state index < -0.39 is 20.7 Å². The molecule has 1 heterocycles. The van der Waals surface area contributed by atoms with Gasteiger partial charge in [0.1, 0.15) is 16.5 Å². The molecule has 0 aliphatic heterocycles. The van der Waals surface area contributed by atoms with Crippen molar-refractivity contribution in [1.82, 2.24) is 4.72 Å². The van der Waals surface area contributed by atoms with Gasteiger partial charge in [-0.25, -0.2) is 17.5 Å². The van der Waals surface area contributed by atoms with E-state index >= 15 is 0 Å². The maximum Gasteiger partial charge on any atom is 0.245 e. The van der Waals surface area contributed by atoms with Gasteiger partial charge < -0.3 is 10.2 Å². The second-order valence-electron chi connectivity index (χ2n) is 4.80. The summed E-state index contributed by atoms with van der Waals surface area (Å²) in [4.78, 5) is -0.505. The second kappa shape index (κ2) is 6.28. The second-order valence-corrected chi connectivity index (χ2v) is 6.45. The lowest BCUT2D eigenvalue weighted by Gasteiger charge is -2.15. The van der Waals surface area contributed by atoms with Crippen LogP contribution in [0.15, 0.2) is 45.9 Å². The molecule has 0 saturated carbocycles. The molecule has 114 valence electrons. The highest BCUT2D eigenvalue weighted by molar-refractivity contribution is 7.89. The lowest BCUT2D eigenvalue weighted by molar-refractivity contribution is 0.479. The third kappa shape index (κ3) is 3.83. The van der Waals surface area contributed by atoms with E-state index in [4.69, 9.17) is 10.2 Å².